The van der Waals surface area contributed by atoms with Crippen molar-refractivity contribution in [2.24, 2.45) is 0 Å². The first kappa shape index (κ1) is 21.7. The molecule has 1 atom stereocenters. The summed E-state index contributed by atoms with van der Waals surface area (Å²) in [6.07, 6.45) is 1.34. The molecule has 4 rings (SSSR count). The minimum Gasteiger partial charge on any atom is -0.462 e. The van der Waals surface area contributed by atoms with Gasteiger partial charge in [0.2, 0.25) is 5.91 Å². The highest BCUT2D eigenvalue weighted by atomic mass is 16.5. The second kappa shape index (κ2) is 8.93. The van der Waals surface area contributed by atoms with E-state index in [0.29, 0.717) is 37.2 Å². The van der Waals surface area contributed by atoms with Crippen molar-refractivity contribution in [1.29, 1.82) is 5.26 Å². The van der Waals surface area contributed by atoms with Crippen molar-refractivity contribution in [3.05, 3.63) is 65.7 Å². The number of hydrogen-bond acceptors (Lipinski definition) is 6. The molecular formula is C25H25N3O4. The van der Waals surface area contributed by atoms with Gasteiger partial charge in [0, 0.05) is 13.1 Å². The molecule has 0 N–H and O–H groups in total. The predicted molar refractivity (Wildman–Crippen MR) is 118 cm³/mol. The Kier molecular flexibility index (Phi) is 6.06. The third-order valence-corrected chi connectivity index (χ3v) is 6.39. The molecule has 2 aromatic rings. The average molecular weight is 431 g/mol. The first-order chi connectivity index (χ1) is 15.5. The largest absolute Gasteiger partial charge is 0.462 e. The summed E-state index contributed by atoms with van der Waals surface area (Å²) in [6, 6.07) is 18.0. The Morgan fingerprint density at radius 2 is 1.75 bits per heavy atom. The standard InChI is InChI=1S/C25H25N3O4/c1-2-32-24(31)18-8-10-20(11-9-18)28-22(29)16-21(23(28)30)27-14-12-25(17-26,13-15-27)19-6-4-3-5-7-19/h3-11,21H,2,12-16H2,1H3/t21-/m0/s1. The number of anilines is 1. The van der Waals surface area contributed by atoms with Crippen LogP contribution in [0.3, 0.4) is 0 Å². The van der Waals surface area contributed by atoms with E-state index in [4.69, 9.17) is 4.74 Å². The molecule has 2 aromatic carbocycles. The number of carbonyl (C=O) groups excluding carboxylic acids is 3. The van der Waals surface area contributed by atoms with E-state index in [1.165, 1.54) is 4.90 Å². The van der Waals surface area contributed by atoms with Crippen LogP contribution in [0, 0.1) is 11.3 Å². The maximum absolute atomic E-state index is 13.1. The van der Waals surface area contributed by atoms with Gasteiger partial charge in [-0.05, 0) is 49.6 Å². The summed E-state index contributed by atoms with van der Waals surface area (Å²) in [5, 5.41) is 9.90. The number of imide groups is 1. The van der Waals surface area contributed by atoms with Gasteiger partial charge in [-0.3, -0.25) is 14.5 Å². The smallest absolute Gasteiger partial charge is 0.338 e. The minimum atomic E-state index is -0.563. The van der Waals surface area contributed by atoms with Crippen LogP contribution in [-0.4, -0.2) is 48.4 Å². The number of benzene rings is 2. The number of esters is 1. The van der Waals surface area contributed by atoms with Crippen molar-refractivity contribution in [2.75, 3.05) is 24.6 Å². The molecule has 0 aromatic heterocycles. The summed E-state index contributed by atoms with van der Waals surface area (Å²) in [4.78, 5) is 40.9. The van der Waals surface area contributed by atoms with Gasteiger partial charge >= 0.3 is 5.97 Å². The molecule has 0 spiro atoms. The Morgan fingerprint density at radius 3 is 2.34 bits per heavy atom. The molecule has 0 saturated carbocycles. The number of carbonyl (C=O) groups is 3. The predicted octanol–water partition coefficient (Wildman–Crippen LogP) is 3.05. The lowest BCUT2D eigenvalue weighted by molar-refractivity contribution is -0.123. The lowest BCUT2D eigenvalue weighted by atomic mass is 9.74. The number of rotatable bonds is 5. The highest BCUT2D eigenvalue weighted by Crippen LogP contribution is 2.37. The van der Waals surface area contributed by atoms with Crippen molar-refractivity contribution < 1.29 is 19.1 Å². The summed E-state index contributed by atoms with van der Waals surface area (Å²) < 4.78 is 4.97. The van der Waals surface area contributed by atoms with Gasteiger partial charge in [-0.25, -0.2) is 9.69 Å². The fourth-order valence-electron chi connectivity index (χ4n) is 4.57. The van der Waals surface area contributed by atoms with E-state index in [9.17, 15) is 19.6 Å². The molecule has 2 saturated heterocycles. The number of nitrogens with zero attached hydrogens (tertiary/aromatic N) is 3. The highest BCUT2D eigenvalue weighted by Gasteiger charge is 2.46. The average Bonchev–Trinajstić information content (AvgIpc) is 3.13. The number of nitriles is 1. The maximum Gasteiger partial charge on any atom is 0.338 e. The zero-order valence-electron chi connectivity index (χ0n) is 18.0. The molecular weight excluding hydrogens is 406 g/mol. The molecule has 2 aliphatic rings. The zero-order valence-corrected chi connectivity index (χ0v) is 18.0. The van der Waals surface area contributed by atoms with Gasteiger partial charge in [0.1, 0.15) is 0 Å². The first-order valence-electron chi connectivity index (χ1n) is 10.8. The molecule has 0 aliphatic carbocycles. The Balaban J connectivity index is 1.46. The maximum atomic E-state index is 13.1. The fourth-order valence-corrected chi connectivity index (χ4v) is 4.57. The van der Waals surface area contributed by atoms with Gasteiger partial charge in [-0.1, -0.05) is 30.3 Å². The molecule has 2 aliphatic heterocycles. The van der Waals surface area contributed by atoms with Crippen LogP contribution in [0.5, 0.6) is 0 Å². The Bertz CT molecular complexity index is 1050. The van der Waals surface area contributed by atoms with Crippen LogP contribution >= 0.6 is 0 Å². The first-order valence-corrected chi connectivity index (χ1v) is 10.8. The van der Waals surface area contributed by atoms with E-state index in [1.54, 1.807) is 31.2 Å². The molecule has 7 nitrogen and oxygen atoms in total. The van der Waals surface area contributed by atoms with E-state index in [1.807, 2.05) is 35.2 Å². The summed E-state index contributed by atoms with van der Waals surface area (Å²) in [6.45, 7) is 3.15. The lowest BCUT2D eigenvalue weighted by Crippen LogP contribution is -2.49. The third kappa shape index (κ3) is 3.90. The van der Waals surface area contributed by atoms with Crippen LogP contribution in [0.1, 0.15) is 42.1 Å². The molecule has 164 valence electrons. The van der Waals surface area contributed by atoms with Crippen LogP contribution in [0.2, 0.25) is 0 Å². The van der Waals surface area contributed by atoms with Crippen LogP contribution in [0.25, 0.3) is 0 Å². The quantitative estimate of drug-likeness (QED) is 0.534. The Labute approximate surface area is 187 Å². The van der Waals surface area contributed by atoms with Gasteiger partial charge in [-0.2, -0.15) is 5.26 Å². The summed E-state index contributed by atoms with van der Waals surface area (Å²) in [5.74, 6) is -0.962. The second-order valence-corrected chi connectivity index (χ2v) is 8.15. The van der Waals surface area contributed by atoms with Crippen LogP contribution < -0.4 is 4.90 Å². The monoisotopic (exact) mass is 431 g/mol. The van der Waals surface area contributed by atoms with E-state index >= 15 is 0 Å². The van der Waals surface area contributed by atoms with Gasteiger partial charge in [0.25, 0.3) is 5.91 Å². The Hall–Kier alpha value is -3.50. The van der Waals surface area contributed by atoms with E-state index < -0.39 is 17.4 Å². The lowest BCUT2D eigenvalue weighted by Gasteiger charge is -2.39. The summed E-state index contributed by atoms with van der Waals surface area (Å²) in [5.41, 5.74) is 1.25. The molecule has 7 heteroatoms. The Morgan fingerprint density at radius 1 is 1.09 bits per heavy atom. The normalized spacial score (nSPS) is 20.8. The van der Waals surface area contributed by atoms with Gasteiger partial charge in [0.15, 0.2) is 0 Å². The molecule has 0 radical (unpaired) electrons. The number of likely N-dealkylation sites (tertiary alicyclic amines) is 1. The van der Waals surface area contributed by atoms with E-state index in [-0.39, 0.29) is 24.8 Å². The van der Waals surface area contributed by atoms with Crippen molar-refractivity contribution in [3.8, 4) is 6.07 Å². The number of ether oxygens (including phenoxy) is 1. The molecule has 2 amide bonds. The topological polar surface area (TPSA) is 90.7 Å². The van der Waals surface area contributed by atoms with E-state index in [0.717, 1.165) is 5.56 Å². The number of hydrogen-bond donors (Lipinski definition) is 0. The van der Waals surface area contributed by atoms with Crippen molar-refractivity contribution in [1.82, 2.24) is 4.90 Å². The molecule has 2 fully saturated rings. The molecule has 0 bridgehead atoms. The molecule has 32 heavy (non-hydrogen) atoms. The summed E-state index contributed by atoms with van der Waals surface area (Å²) in [7, 11) is 0. The van der Waals surface area contributed by atoms with Crippen LogP contribution in [-0.2, 0) is 19.7 Å². The van der Waals surface area contributed by atoms with E-state index in [2.05, 4.69) is 6.07 Å². The number of amides is 2. The van der Waals surface area contributed by atoms with Gasteiger partial charge in [-0.15, -0.1) is 0 Å². The second-order valence-electron chi connectivity index (χ2n) is 8.15. The van der Waals surface area contributed by atoms with Crippen molar-refractivity contribution in [2.45, 2.75) is 37.6 Å². The third-order valence-electron chi connectivity index (χ3n) is 6.39. The fraction of sp³-hybridized carbons (Fsp3) is 0.360. The molecule has 0 unspecified atom stereocenters. The zero-order chi connectivity index (χ0) is 22.7. The van der Waals surface area contributed by atoms with Crippen molar-refractivity contribution >= 4 is 23.5 Å². The summed E-state index contributed by atoms with van der Waals surface area (Å²) >= 11 is 0. The minimum absolute atomic E-state index is 0.114. The van der Waals surface area contributed by atoms with Crippen LogP contribution in [0.4, 0.5) is 5.69 Å². The SMILES string of the molecule is CCOC(=O)c1ccc(N2C(=O)C[C@H](N3CCC(C#N)(c4ccccc4)CC3)C2=O)cc1. The van der Waals surface area contributed by atoms with Crippen molar-refractivity contribution in [3.63, 3.8) is 0 Å². The van der Waals surface area contributed by atoms with Crippen LogP contribution in [0.15, 0.2) is 54.6 Å². The molecule has 2 heterocycles. The highest BCUT2D eigenvalue weighted by molar-refractivity contribution is 6.22. The van der Waals surface area contributed by atoms with Gasteiger partial charge in [0.05, 0.1) is 41.8 Å². The van der Waals surface area contributed by atoms with Gasteiger partial charge < -0.3 is 4.74 Å². The number of piperidine rings is 1.